The zero-order valence-corrected chi connectivity index (χ0v) is 11.9. The van der Waals surface area contributed by atoms with Crippen molar-refractivity contribution in [2.24, 2.45) is 5.73 Å². The number of carbonyl (C=O) groups is 1. The molecule has 1 aromatic rings. The Morgan fingerprint density at radius 2 is 1.85 bits per heavy atom. The third-order valence-corrected chi connectivity index (χ3v) is 3.59. The monoisotopic (exact) mass is 270 g/mol. The first-order valence-corrected chi connectivity index (χ1v) is 7.39. The van der Waals surface area contributed by atoms with Gasteiger partial charge in [-0.05, 0) is 31.0 Å². The van der Waals surface area contributed by atoms with Crippen LogP contribution in [0.5, 0.6) is 0 Å². The summed E-state index contributed by atoms with van der Waals surface area (Å²) < 4.78 is 0. The maximum atomic E-state index is 12.5. The minimum absolute atomic E-state index is 0.128. The van der Waals surface area contributed by atoms with Gasteiger partial charge in [-0.25, -0.2) is 0 Å². The highest BCUT2D eigenvalue weighted by atomic mass is 16.2. The van der Waals surface area contributed by atoms with Gasteiger partial charge in [-0.3, -0.25) is 4.79 Å². The number of benzene rings is 1. The van der Waals surface area contributed by atoms with Crippen LogP contribution in [0, 0.1) is 11.8 Å². The molecule has 0 saturated carbocycles. The van der Waals surface area contributed by atoms with Crippen LogP contribution in [-0.2, 0) is 0 Å². The average Bonchev–Trinajstić information content (AvgIpc) is 2.44. The molecule has 3 heteroatoms. The van der Waals surface area contributed by atoms with Crippen LogP contribution < -0.4 is 5.73 Å². The molecule has 1 aromatic carbocycles. The Morgan fingerprint density at radius 3 is 2.55 bits per heavy atom. The topological polar surface area (TPSA) is 46.3 Å². The molecule has 0 aliphatic carbocycles. The molecule has 2 N–H and O–H groups in total. The van der Waals surface area contributed by atoms with Gasteiger partial charge >= 0.3 is 0 Å². The van der Waals surface area contributed by atoms with Crippen molar-refractivity contribution < 1.29 is 4.79 Å². The molecule has 0 bridgehead atoms. The molecule has 1 aliphatic heterocycles. The SMILES string of the molecule is NCC#Cc1cccc(C(=O)N2CCCCCCC2)c1. The summed E-state index contributed by atoms with van der Waals surface area (Å²) in [5, 5.41) is 0. The highest BCUT2D eigenvalue weighted by molar-refractivity contribution is 5.94. The fourth-order valence-corrected chi connectivity index (χ4v) is 2.52. The number of nitrogens with zero attached hydrogens (tertiary/aromatic N) is 1. The number of likely N-dealkylation sites (tertiary alicyclic amines) is 1. The van der Waals surface area contributed by atoms with E-state index in [1.54, 1.807) is 0 Å². The lowest BCUT2D eigenvalue weighted by molar-refractivity contribution is 0.0742. The molecule has 0 radical (unpaired) electrons. The number of carbonyl (C=O) groups excluding carboxylic acids is 1. The number of rotatable bonds is 1. The molecular formula is C17H22N2O. The highest BCUT2D eigenvalue weighted by Gasteiger charge is 2.16. The van der Waals surface area contributed by atoms with Gasteiger partial charge in [-0.2, -0.15) is 0 Å². The molecule has 1 amide bonds. The van der Waals surface area contributed by atoms with Crippen molar-refractivity contribution in [3.63, 3.8) is 0 Å². The maximum Gasteiger partial charge on any atom is 0.253 e. The lowest BCUT2D eigenvalue weighted by Gasteiger charge is -2.24. The van der Waals surface area contributed by atoms with Crippen molar-refractivity contribution in [3.05, 3.63) is 35.4 Å². The van der Waals surface area contributed by atoms with Crippen LogP contribution in [0.2, 0.25) is 0 Å². The maximum absolute atomic E-state index is 12.5. The van der Waals surface area contributed by atoms with Gasteiger partial charge in [-0.1, -0.05) is 37.2 Å². The first kappa shape index (κ1) is 14.6. The summed E-state index contributed by atoms with van der Waals surface area (Å²) in [4.78, 5) is 14.5. The molecule has 1 fully saturated rings. The van der Waals surface area contributed by atoms with Gasteiger partial charge in [-0.15, -0.1) is 0 Å². The van der Waals surface area contributed by atoms with Crippen molar-refractivity contribution in [3.8, 4) is 11.8 Å². The van der Waals surface area contributed by atoms with E-state index in [0.29, 0.717) is 6.54 Å². The molecule has 20 heavy (non-hydrogen) atoms. The number of hydrogen-bond acceptors (Lipinski definition) is 2. The molecule has 1 heterocycles. The van der Waals surface area contributed by atoms with Gasteiger partial charge < -0.3 is 10.6 Å². The Kier molecular flexibility index (Phi) is 5.64. The minimum atomic E-state index is 0.128. The summed E-state index contributed by atoms with van der Waals surface area (Å²) in [5.41, 5.74) is 6.96. The van der Waals surface area contributed by atoms with Crippen LogP contribution in [0.4, 0.5) is 0 Å². The fourth-order valence-electron chi connectivity index (χ4n) is 2.52. The second-order valence-corrected chi connectivity index (χ2v) is 5.15. The van der Waals surface area contributed by atoms with E-state index in [2.05, 4.69) is 11.8 Å². The van der Waals surface area contributed by atoms with Crippen molar-refractivity contribution in [1.82, 2.24) is 4.90 Å². The molecular weight excluding hydrogens is 248 g/mol. The van der Waals surface area contributed by atoms with E-state index in [-0.39, 0.29) is 5.91 Å². The molecule has 106 valence electrons. The second kappa shape index (κ2) is 7.72. The molecule has 0 unspecified atom stereocenters. The Hall–Kier alpha value is -1.79. The smallest absolute Gasteiger partial charge is 0.253 e. The largest absolute Gasteiger partial charge is 0.339 e. The minimum Gasteiger partial charge on any atom is -0.339 e. The summed E-state index contributed by atoms with van der Waals surface area (Å²) in [6.07, 6.45) is 5.97. The zero-order valence-electron chi connectivity index (χ0n) is 11.9. The molecule has 0 spiro atoms. The number of amides is 1. The predicted molar refractivity (Wildman–Crippen MR) is 81.4 cm³/mol. The van der Waals surface area contributed by atoms with E-state index in [1.807, 2.05) is 29.2 Å². The Morgan fingerprint density at radius 1 is 1.15 bits per heavy atom. The Labute approximate surface area is 121 Å². The van der Waals surface area contributed by atoms with Crippen molar-refractivity contribution in [1.29, 1.82) is 0 Å². The van der Waals surface area contributed by atoms with E-state index in [1.165, 1.54) is 19.3 Å². The van der Waals surface area contributed by atoms with Crippen molar-refractivity contribution in [2.75, 3.05) is 19.6 Å². The van der Waals surface area contributed by atoms with E-state index < -0.39 is 0 Å². The van der Waals surface area contributed by atoms with E-state index in [0.717, 1.165) is 37.1 Å². The van der Waals surface area contributed by atoms with Gasteiger partial charge in [0.15, 0.2) is 0 Å². The molecule has 0 atom stereocenters. The summed E-state index contributed by atoms with van der Waals surface area (Å²) in [7, 11) is 0. The van der Waals surface area contributed by atoms with Gasteiger partial charge in [0, 0.05) is 24.2 Å². The van der Waals surface area contributed by atoms with E-state index >= 15 is 0 Å². The summed E-state index contributed by atoms with van der Waals surface area (Å²) in [5.74, 6) is 5.93. The predicted octanol–water partition coefficient (Wildman–Crippen LogP) is 2.40. The van der Waals surface area contributed by atoms with Gasteiger partial charge in [0.1, 0.15) is 0 Å². The first-order valence-electron chi connectivity index (χ1n) is 7.39. The molecule has 2 rings (SSSR count). The van der Waals surface area contributed by atoms with Gasteiger partial charge in [0.05, 0.1) is 6.54 Å². The lowest BCUT2D eigenvalue weighted by Crippen LogP contribution is -2.33. The Bertz CT molecular complexity index is 505. The standard InChI is InChI=1S/C17H22N2O/c18-11-7-9-15-8-6-10-16(14-15)17(20)19-12-4-2-1-3-5-13-19/h6,8,10,14H,1-5,11-13,18H2. The lowest BCUT2D eigenvalue weighted by atomic mass is 10.1. The third-order valence-electron chi connectivity index (χ3n) is 3.59. The summed E-state index contributed by atoms with van der Waals surface area (Å²) >= 11 is 0. The van der Waals surface area contributed by atoms with Crippen LogP contribution in [0.15, 0.2) is 24.3 Å². The number of hydrogen-bond donors (Lipinski definition) is 1. The zero-order chi connectivity index (χ0) is 14.2. The number of nitrogens with two attached hydrogens (primary N) is 1. The quantitative estimate of drug-likeness (QED) is 0.797. The van der Waals surface area contributed by atoms with Crippen LogP contribution in [0.1, 0.15) is 48.0 Å². The van der Waals surface area contributed by atoms with Crippen LogP contribution in [-0.4, -0.2) is 30.4 Å². The third kappa shape index (κ3) is 4.11. The van der Waals surface area contributed by atoms with Gasteiger partial charge in [0.25, 0.3) is 5.91 Å². The summed E-state index contributed by atoms with van der Waals surface area (Å²) in [6, 6.07) is 7.53. The first-order chi connectivity index (χ1) is 9.81. The second-order valence-electron chi connectivity index (χ2n) is 5.15. The normalized spacial score (nSPS) is 15.8. The summed E-state index contributed by atoms with van der Waals surface area (Å²) in [6.45, 7) is 2.08. The van der Waals surface area contributed by atoms with Gasteiger partial charge in [0.2, 0.25) is 0 Å². The van der Waals surface area contributed by atoms with Crippen LogP contribution in [0.3, 0.4) is 0 Å². The van der Waals surface area contributed by atoms with Crippen molar-refractivity contribution >= 4 is 5.91 Å². The molecule has 1 aliphatic rings. The van der Waals surface area contributed by atoms with Crippen molar-refractivity contribution in [2.45, 2.75) is 32.1 Å². The van der Waals surface area contributed by atoms with Crippen LogP contribution in [0.25, 0.3) is 0 Å². The molecule has 1 saturated heterocycles. The van der Waals surface area contributed by atoms with Crippen LogP contribution >= 0.6 is 0 Å². The van der Waals surface area contributed by atoms with E-state index in [9.17, 15) is 4.79 Å². The Balaban J connectivity index is 2.10. The average molecular weight is 270 g/mol. The molecule has 0 aromatic heterocycles. The van der Waals surface area contributed by atoms with E-state index in [4.69, 9.17) is 5.73 Å². The highest BCUT2D eigenvalue weighted by Crippen LogP contribution is 2.14. The molecule has 3 nitrogen and oxygen atoms in total. The fraction of sp³-hybridized carbons (Fsp3) is 0.471.